The number of piperidine rings is 1. The summed E-state index contributed by atoms with van der Waals surface area (Å²) in [4.78, 5) is 21.5. The maximum absolute atomic E-state index is 12.8. The molecule has 0 spiro atoms. The van der Waals surface area contributed by atoms with Gasteiger partial charge in [0.2, 0.25) is 5.89 Å². The van der Waals surface area contributed by atoms with Crippen LogP contribution in [0.2, 0.25) is 0 Å². The molecule has 6 heteroatoms. The maximum Gasteiger partial charge on any atom is 0.263 e. The molecule has 1 aliphatic heterocycles. The lowest BCUT2D eigenvalue weighted by molar-refractivity contribution is 0.0709. The Balaban J connectivity index is 1.41. The number of carbonyl (C=O) groups excluding carboxylic acids is 1. The van der Waals surface area contributed by atoms with Gasteiger partial charge in [0.15, 0.2) is 5.82 Å². The summed E-state index contributed by atoms with van der Waals surface area (Å²) in [7, 11) is 0. The second-order valence-electron chi connectivity index (χ2n) is 7.15. The molecule has 3 heterocycles. The van der Waals surface area contributed by atoms with Crippen LogP contribution >= 0.6 is 11.3 Å². The zero-order chi connectivity index (χ0) is 16.7. The molecule has 1 amide bonds. The van der Waals surface area contributed by atoms with Gasteiger partial charge < -0.3 is 9.42 Å². The van der Waals surface area contributed by atoms with Gasteiger partial charge in [-0.1, -0.05) is 12.1 Å². The molecule has 5 nitrogen and oxygen atoms in total. The molecular weight excluding hydrogens is 322 g/mol. The number of amides is 1. The van der Waals surface area contributed by atoms with E-state index in [0.717, 1.165) is 55.5 Å². The minimum absolute atomic E-state index is 0.196. The zero-order valence-corrected chi connectivity index (χ0v) is 15.1. The fraction of sp³-hybridized carbons (Fsp3) is 0.611. The van der Waals surface area contributed by atoms with Crippen LogP contribution in [0.15, 0.2) is 10.6 Å². The number of likely N-dealkylation sites (tertiary alicyclic amines) is 1. The number of aromatic nitrogens is 2. The fourth-order valence-corrected chi connectivity index (χ4v) is 4.95. The Morgan fingerprint density at radius 3 is 2.83 bits per heavy atom. The van der Waals surface area contributed by atoms with Gasteiger partial charge in [0, 0.05) is 23.9 Å². The minimum Gasteiger partial charge on any atom is -0.339 e. The SMILES string of the molecule is Cc1noc(C2CCN(C(=O)c3cc4c(s3)CCC(C)C4)CC2)n1. The monoisotopic (exact) mass is 345 g/mol. The number of fused-ring (bicyclic) bond motifs is 1. The second-order valence-corrected chi connectivity index (χ2v) is 8.29. The highest BCUT2D eigenvalue weighted by Crippen LogP contribution is 2.34. The molecule has 1 unspecified atom stereocenters. The average Bonchev–Trinajstić information content (AvgIpc) is 3.20. The van der Waals surface area contributed by atoms with Gasteiger partial charge in [-0.2, -0.15) is 4.98 Å². The Kier molecular flexibility index (Phi) is 4.16. The fourth-order valence-electron chi connectivity index (χ4n) is 3.78. The third-order valence-electron chi connectivity index (χ3n) is 5.21. The molecule has 24 heavy (non-hydrogen) atoms. The molecule has 2 aromatic rings. The van der Waals surface area contributed by atoms with Gasteiger partial charge in [-0.25, -0.2) is 0 Å². The highest BCUT2D eigenvalue weighted by atomic mass is 32.1. The molecule has 0 bridgehead atoms. The first-order valence-corrected chi connectivity index (χ1v) is 9.63. The van der Waals surface area contributed by atoms with Crippen molar-refractivity contribution in [1.82, 2.24) is 15.0 Å². The van der Waals surface area contributed by atoms with Crippen LogP contribution in [0, 0.1) is 12.8 Å². The number of carbonyl (C=O) groups is 1. The molecule has 1 atom stereocenters. The van der Waals surface area contributed by atoms with Crippen LogP contribution in [0.3, 0.4) is 0 Å². The van der Waals surface area contributed by atoms with Crippen molar-refractivity contribution in [3.05, 3.63) is 33.1 Å². The Morgan fingerprint density at radius 1 is 1.33 bits per heavy atom. The molecule has 0 radical (unpaired) electrons. The van der Waals surface area contributed by atoms with E-state index in [0.29, 0.717) is 5.82 Å². The molecule has 0 aromatic carbocycles. The molecule has 1 saturated heterocycles. The van der Waals surface area contributed by atoms with Gasteiger partial charge in [0.1, 0.15) is 0 Å². The van der Waals surface area contributed by atoms with E-state index in [2.05, 4.69) is 23.1 Å². The van der Waals surface area contributed by atoms with Crippen LogP contribution in [0.4, 0.5) is 0 Å². The number of nitrogens with zero attached hydrogens (tertiary/aromatic N) is 3. The topological polar surface area (TPSA) is 59.2 Å². The lowest BCUT2D eigenvalue weighted by Gasteiger charge is -2.30. The van der Waals surface area contributed by atoms with Crippen LogP contribution < -0.4 is 0 Å². The van der Waals surface area contributed by atoms with E-state index >= 15 is 0 Å². The Bertz CT molecular complexity index is 743. The normalized spacial score (nSPS) is 21.8. The van der Waals surface area contributed by atoms with E-state index in [1.54, 1.807) is 11.3 Å². The summed E-state index contributed by atoms with van der Waals surface area (Å²) in [6.07, 6.45) is 5.30. The third-order valence-corrected chi connectivity index (χ3v) is 6.44. The van der Waals surface area contributed by atoms with E-state index in [1.165, 1.54) is 16.9 Å². The van der Waals surface area contributed by atoms with E-state index in [-0.39, 0.29) is 11.8 Å². The standard InChI is InChI=1S/C18H23N3O2S/c1-11-3-4-15-14(9-11)10-16(24-15)18(22)21-7-5-13(6-8-21)17-19-12(2)20-23-17/h10-11,13H,3-9H2,1-2H3. The largest absolute Gasteiger partial charge is 0.339 e. The lowest BCUT2D eigenvalue weighted by Crippen LogP contribution is -2.37. The predicted molar refractivity (Wildman–Crippen MR) is 92.4 cm³/mol. The van der Waals surface area contributed by atoms with Crippen molar-refractivity contribution in [2.24, 2.45) is 5.92 Å². The number of thiophene rings is 1. The highest BCUT2D eigenvalue weighted by molar-refractivity contribution is 7.14. The zero-order valence-electron chi connectivity index (χ0n) is 14.2. The summed E-state index contributed by atoms with van der Waals surface area (Å²) < 4.78 is 5.29. The molecule has 4 rings (SSSR count). The van der Waals surface area contributed by atoms with Crippen LogP contribution in [0.25, 0.3) is 0 Å². The first-order chi connectivity index (χ1) is 11.6. The van der Waals surface area contributed by atoms with Crippen molar-refractivity contribution in [2.45, 2.75) is 51.9 Å². The van der Waals surface area contributed by atoms with Gasteiger partial charge >= 0.3 is 0 Å². The van der Waals surface area contributed by atoms with Crippen LogP contribution in [0.1, 0.15) is 63.9 Å². The molecule has 2 aromatic heterocycles. The van der Waals surface area contributed by atoms with Crippen molar-refractivity contribution in [3.8, 4) is 0 Å². The summed E-state index contributed by atoms with van der Waals surface area (Å²) in [5.74, 6) is 2.63. The van der Waals surface area contributed by atoms with Crippen LogP contribution in [-0.2, 0) is 12.8 Å². The van der Waals surface area contributed by atoms with E-state index in [1.807, 2.05) is 11.8 Å². The average molecular weight is 345 g/mol. The van der Waals surface area contributed by atoms with Crippen molar-refractivity contribution >= 4 is 17.2 Å². The molecule has 0 N–H and O–H groups in total. The summed E-state index contributed by atoms with van der Waals surface area (Å²) in [6, 6.07) is 2.14. The third kappa shape index (κ3) is 2.99. The van der Waals surface area contributed by atoms with Crippen LogP contribution in [0.5, 0.6) is 0 Å². The second kappa shape index (κ2) is 6.31. The lowest BCUT2D eigenvalue weighted by atomic mass is 9.90. The molecule has 1 fully saturated rings. The van der Waals surface area contributed by atoms with Gasteiger partial charge in [-0.3, -0.25) is 4.79 Å². The number of hydrogen-bond acceptors (Lipinski definition) is 5. The predicted octanol–water partition coefficient (Wildman–Crippen LogP) is 3.58. The first-order valence-electron chi connectivity index (χ1n) is 8.81. The van der Waals surface area contributed by atoms with E-state index < -0.39 is 0 Å². The van der Waals surface area contributed by atoms with Gasteiger partial charge in [0.25, 0.3) is 5.91 Å². The quantitative estimate of drug-likeness (QED) is 0.835. The van der Waals surface area contributed by atoms with E-state index in [9.17, 15) is 4.79 Å². The number of aryl methyl sites for hydroxylation is 2. The van der Waals surface area contributed by atoms with Gasteiger partial charge in [0.05, 0.1) is 4.88 Å². The Morgan fingerprint density at radius 2 is 2.12 bits per heavy atom. The molecular formula is C18H23N3O2S. The Labute approximate surface area is 146 Å². The highest BCUT2D eigenvalue weighted by Gasteiger charge is 2.29. The van der Waals surface area contributed by atoms with Crippen LogP contribution in [-0.4, -0.2) is 34.0 Å². The summed E-state index contributed by atoms with van der Waals surface area (Å²) in [6.45, 7) is 5.67. The van der Waals surface area contributed by atoms with Gasteiger partial charge in [-0.15, -0.1) is 11.3 Å². The first kappa shape index (κ1) is 15.8. The summed E-state index contributed by atoms with van der Waals surface area (Å²) in [5, 5.41) is 3.87. The molecule has 128 valence electrons. The summed E-state index contributed by atoms with van der Waals surface area (Å²) in [5.41, 5.74) is 1.40. The smallest absolute Gasteiger partial charge is 0.263 e. The van der Waals surface area contributed by atoms with Gasteiger partial charge in [-0.05, 0) is 56.6 Å². The molecule has 1 aliphatic carbocycles. The maximum atomic E-state index is 12.8. The molecule has 2 aliphatic rings. The minimum atomic E-state index is 0.196. The van der Waals surface area contributed by atoms with E-state index in [4.69, 9.17) is 4.52 Å². The molecule has 0 saturated carbocycles. The van der Waals surface area contributed by atoms with Crippen molar-refractivity contribution in [3.63, 3.8) is 0 Å². The van der Waals surface area contributed by atoms with Crippen molar-refractivity contribution in [2.75, 3.05) is 13.1 Å². The Hall–Kier alpha value is -1.69. The number of hydrogen-bond donors (Lipinski definition) is 0. The number of rotatable bonds is 2. The van der Waals surface area contributed by atoms with Crippen molar-refractivity contribution in [1.29, 1.82) is 0 Å². The van der Waals surface area contributed by atoms with Crippen molar-refractivity contribution < 1.29 is 9.32 Å². The summed E-state index contributed by atoms with van der Waals surface area (Å²) >= 11 is 1.71.